The van der Waals surface area contributed by atoms with Crippen LogP contribution in [0.15, 0.2) is 28.5 Å². The lowest BCUT2D eigenvalue weighted by molar-refractivity contribution is 0.0701. The monoisotopic (exact) mass is 325 g/mol. The molecule has 1 aromatic carbocycles. The van der Waals surface area contributed by atoms with Crippen LogP contribution in [0.2, 0.25) is 0 Å². The average molecular weight is 325 g/mol. The molecule has 0 radical (unpaired) electrons. The van der Waals surface area contributed by atoms with Crippen molar-refractivity contribution >= 4 is 33.0 Å². The number of hydrogen-bond donors (Lipinski definition) is 2. The summed E-state index contributed by atoms with van der Waals surface area (Å²) in [6, 6.07) is 6.76. The van der Waals surface area contributed by atoms with Crippen LogP contribution in [0.1, 0.15) is 26.4 Å². The highest BCUT2D eigenvalue weighted by molar-refractivity contribution is 7.94. The summed E-state index contributed by atoms with van der Waals surface area (Å²) in [6.07, 6.45) is 0. The molecule has 1 aromatic heterocycles. The molecule has 1 heterocycles. The molecule has 0 unspecified atom stereocenters. The second kappa shape index (κ2) is 5.50. The molecule has 0 saturated carbocycles. The maximum atomic E-state index is 12.3. The Morgan fingerprint density at radius 1 is 1.10 bits per heavy atom. The first-order valence-electron chi connectivity index (χ1n) is 6.14. The van der Waals surface area contributed by atoms with Crippen LogP contribution in [-0.2, 0) is 10.0 Å². The van der Waals surface area contributed by atoms with Gasteiger partial charge in [-0.25, -0.2) is 13.2 Å². The van der Waals surface area contributed by atoms with Crippen LogP contribution >= 0.6 is 11.3 Å². The predicted octanol–water partition coefficient (Wildman–Crippen LogP) is 3.17. The van der Waals surface area contributed by atoms with Crippen LogP contribution < -0.4 is 4.72 Å². The minimum absolute atomic E-state index is 0.00319. The van der Waals surface area contributed by atoms with Crippen molar-refractivity contribution in [2.45, 2.75) is 25.0 Å². The summed E-state index contributed by atoms with van der Waals surface area (Å²) in [6.45, 7) is 5.33. The second-order valence-electron chi connectivity index (χ2n) is 4.86. The Labute approximate surface area is 127 Å². The summed E-state index contributed by atoms with van der Waals surface area (Å²) >= 11 is 0.752. The molecule has 0 atom stereocenters. The summed E-state index contributed by atoms with van der Waals surface area (Å²) < 4.78 is 27.1. The van der Waals surface area contributed by atoms with Crippen LogP contribution in [0.5, 0.6) is 0 Å². The quantitative estimate of drug-likeness (QED) is 0.904. The van der Waals surface area contributed by atoms with Gasteiger partial charge in [0, 0.05) is 5.69 Å². The molecule has 0 aliphatic carbocycles. The number of thiophene rings is 1. The van der Waals surface area contributed by atoms with Gasteiger partial charge >= 0.3 is 5.97 Å². The zero-order chi connectivity index (χ0) is 15.8. The van der Waals surface area contributed by atoms with Crippen LogP contribution in [0, 0.1) is 20.8 Å². The Bertz CT molecular complexity index is 786. The highest BCUT2D eigenvalue weighted by atomic mass is 32.2. The van der Waals surface area contributed by atoms with Crippen molar-refractivity contribution in [2.24, 2.45) is 0 Å². The van der Waals surface area contributed by atoms with Crippen molar-refractivity contribution in [2.75, 3.05) is 4.72 Å². The topological polar surface area (TPSA) is 83.5 Å². The van der Waals surface area contributed by atoms with Gasteiger partial charge in [0.25, 0.3) is 10.0 Å². The Kier molecular flexibility index (Phi) is 4.06. The van der Waals surface area contributed by atoms with Crippen LogP contribution in [0.4, 0.5) is 5.69 Å². The van der Waals surface area contributed by atoms with E-state index >= 15 is 0 Å². The number of carbonyl (C=O) groups is 1. The summed E-state index contributed by atoms with van der Waals surface area (Å²) in [5.41, 5.74) is 2.80. The Morgan fingerprint density at radius 3 is 2.14 bits per heavy atom. The van der Waals surface area contributed by atoms with E-state index in [2.05, 4.69) is 4.72 Å². The van der Waals surface area contributed by atoms with Gasteiger partial charge < -0.3 is 5.11 Å². The van der Waals surface area contributed by atoms with E-state index in [1.54, 1.807) is 19.1 Å². The zero-order valence-corrected chi connectivity index (χ0v) is 13.4. The minimum atomic E-state index is -3.78. The van der Waals surface area contributed by atoms with Gasteiger partial charge in [-0.05, 0) is 55.7 Å². The lowest BCUT2D eigenvalue weighted by Gasteiger charge is -2.08. The fourth-order valence-electron chi connectivity index (χ4n) is 2.04. The van der Waals surface area contributed by atoms with Gasteiger partial charge in [0.1, 0.15) is 9.09 Å². The molecule has 0 aliphatic rings. The largest absolute Gasteiger partial charge is 0.477 e. The number of nitrogens with one attached hydrogen (secondary N) is 1. The van der Waals surface area contributed by atoms with Gasteiger partial charge in [-0.15, -0.1) is 11.3 Å². The summed E-state index contributed by atoms with van der Waals surface area (Å²) in [7, 11) is -3.78. The molecule has 0 fully saturated rings. The molecule has 0 aliphatic heterocycles. The number of hydrogen-bond acceptors (Lipinski definition) is 4. The van der Waals surface area contributed by atoms with E-state index in [9.17, 15) is 13.2 Å². The molecule has 5 nitrogen and oxygen atoms in total. The minimum Gasteiger partial charge on any atom is -0.477 e. The molecule has 0 bridgehead atoms. The maximum absolute atomic E-state index is 12.3. The highest BCUT2D eigenvalue weighted by Crippen LogP contribution is 2.28. The molecular weight excluding hydrogens is 310 g/mol. The smallest absolute Gasteiger partial charge is 0.346 e. The second-order valence-corrected chi connectivity index (χ2v) is 7.83. The molecule has 0 spiro atoms. The number of anilines is 1. The number of aryl methyl sites for hydroxylation is 3. The molecule has 2 N–H and O–H groups in total. The number of rotatable bonds is 4. The summed E-state index contributed by atoms with van der Waals surface area (Å²) in [5.74, 6) is -1.12. The lowest BCUT2D eigenvalue weighted by atomic mass is 10.1. The number of benzene rings is 1. The zero-order valence-electron chi connectivity index (χ0n) is 11.8. The van der Waals surface area contributed by atoms with Crippen molar-refractivity contribution in [3.05, 3.63) is 45.8 Å². The Balaban J connectivity index is 2.38. The lowest BCUT2D eigenvalue weighted by Crippen LogP contribution is -2.11. The molecule has 112 valence electrons. The first-order valence-corrected chi connectivity index (χ1v) is 8.44. The van der Waals surface area contributed by atoms with Gasteiger partial charge in [-0.1, -0.05) is 6.07 Å². The molecule has 2 aromatic rings. The normalized spacial score (nSPS) is 11.4. The van der Waals surface area contributed by atoms with Crippen molar-refractivity contribution < 1.29 is 18.3 Å². The molecular formula is C14H15NO4S2. The SMILES string of the molecule is Cc1cc(C)cc(NS(=O)(=O)c2cc(C)c(C(=O)O)s2)c1. The fourth-order valence-corrected chi connectivity index (χ4v) is 4.46. The third kappa shape index (κ3) is 3.43. The number of carboxylic acid groups (broad SMARTS) is 1. The van der Waals surface area contributed by atoms with E-state index in [-0.39, 0.29) is 9.09 Å². The maximum Gasteiger partial charge on any atom is 0.346 e. The third-order valence-electron chi connectivity index (χ3n) is 2.83. The number of aromatic carboxylic acids is 1. The number of sulfonamides is 1. The van der Waals surface area contributed by atoms with Gasteiger partial charge in [0.15, 0.2) is 0 Å². The van der Waals surface area contributed by atoms with E-state index in [1.807, 2.05) is 19.9 Å². The molecule has 2 rings (SSSR count). The molecule has 21 heavy (non-hydrogen) atoms. The molecule has 0 amide bonds. The van der Waals surface area contributed by atoms with E-state index in [1.165, 1.54) is 6.07 Å². The van der Waals surface area contributed by atoms with Crippen molar-refractivity contribution in [1.29, 1.82) is 0 Å². The van der Waals surface area contributed by atoms with Gasteiger partial charge in [-0.3, -0.25) is 4.72 Å². The van der Waals surface area contributed by atoms with Crippen molar-refractivity contribution in [3.63, 3.8) is 0 Å². The van der Waals surface area contributed by atoms with Crippen LogP contribution in [-0.4, -0.2) is 19.5 Å². The van der Waals surface area contributed by atoms with Crippen molar-refractivity contribution in [3.8, 4) is 0 Å². The molecule has 0 saturated heterocycles. The van der Waals surface area contributed by atoms with E-state index in [0.717, 1.165) is 22.5 Å². The Morgan fingerprint density at radius 2 is 1.67 bits per heavy atom. The predicted molar refractivity (Wildman–Crippen MR) is 82.7 cm³/mol. The van der Waals surface area contributed by atoms with Gasteiger partial charge in [-0.2, -0.15) is 0 Å². The third-order valence-corrected chi connectivity index (χ3v) is 5.91. The van der Waals surface area contributed by atoms with E-state index < -0.39 is 16.0 Å². The first-order chi connectivity index (χ1) is 9.69. The Hall–Kier alpha value is -1.86. The van der Waals surface area contributed by atoms with Crippen LogP contribution in [0.25, 0.3) is 0 Å². The van der Waals surface area contributed by atoms with Crippen molar-refractivity contribution in [1.82, 2.24) is 0 Å². The number of carboxylic acids is 1. The first kappa shape index (κ1) is 15.5. The van der Waals surface area contributed by atoms with Gasteiger partial charge in [0.05, 0.1) is 0 Å². The summed E-state index contributed by atoms with van der Waals surface area (Å²) in [4.78, 5) is 11.0. The molecule has 7 heteroatoms. The van der Waals surface area contributed by atoms with Crippen LogP contribution in [0.3, 0.4) is 0 Å². The summed E-state index contributed by atoms with van der Waals surface area (Å²) in [5, 5.41) is 9.00. The van der Waals surface area contributed by atoms with Gasteiger partial charge in [0.2, 0.25) is 0 Å². The van der Waals surface area contributed by atoms with E-state index in [4.69, 9.17) is 5.11 Å². The highest BCUT2D eigenvalue weighted by Gasteiger charge is 2.21. The van der Waals surface area contributed by atoms with E-state index in [0.29, 0.717) is 11.3 Å². The fraction of sp³-hybridized carbons (Fsp3) is 0.214. The standard InChI is InChI=1S/C14H15NO4S2/c1-8-4-9(2)6-11(5-8)15-21(18,19)12-7-10(3)13(20-12)14(16)17/h4-7,15H,1-3H3,(H,16,17). The average Bonchev–Trinajstić information content (AvgIpc) is 2.70.